The monoisotopic (exact) mass is 347 g/mol. The zero-order chi connectivity index (χ0) is 17.9. The van der Waals surface area contributed by atoms with E-state index in [1.54, 1.807) is 13.3 Å². The van der Waals surface area contributed by atoms with Gasteiger partial charge in [-0.25, -0.2) is 9.97 Å². The number of methoxy groups -OCH3 is 1. The molecule has 132 valence electrons. The highest BCUT2D eigenvalue weighted by Gasteiger charge is 2.22. The molecule has 26 heavy (non-hydrogen) atoms. The van der Waals surface area contributed by atoms with Gasteiger partial charge in [0.1, 0.15) is 11.6 Å². The second-order valence-electron chi connectivity index (χ2n) is 6.37. The lowest BCUT2D eigenvalue weighted by Crippen LogP contribution is -2.27. The zero-order valence-corrected chi connectivity index (χ0v) is 14.7. The van der Waals surface area contributed by atoms with Gasteiger partial charge in [0, 0.05) is 37.0 Å². The molecule has 2 aromatic heterocycles. The number of hydrogen-bond donors (Lipinski definition) is 1. The second kappa shape index (κ2) is 7.09. The standard InChI is InChI=1S/C20H21N5O/c1-26-16-7-5-14(6-8-16)20-23-18(17-4-2-3-10-22-17)12-19(24-20)25-11-9-15(21)13-25/h2-8,10,12,15H,9,11,13,21H2,1H3. The highest BCUT2D eigenvalue weighted by molar-refractivity contribution is 5.66. The summed E-state index contributed by atoms with van der Waals surface area (Å²) in [5, 5.41) is 0. The Morgan fingerprint density at radius 1 is 1.08 bits per heavy atom. The number of pyridine rings is 1. The van der Waals surface area contributed by atoms with E-state index in [4.69, 9.17) is 20.4 Å². The fourth-order valence-electron chi connectivity index (χ4n) is 3.11. The van der Waals surface area contributed by atoms with Gasteiger partial charge in [0.2, 0.25) is 0 Å². The van der Waals surface area contributed by atoms with Crippen LogP contribution in [0.4, 0.5) is 5.82 Å². The number of hydrogen-bond acceptors (Lipinski definition) is 6. The molecule has 6 heteroatoms. The summed E-state index contributed by atoms with van der Waals surface area (Å²) in [6, 6.07) is 15.8. The summed E-state index contributed by atoms with van der Waals surface area (Å²) in [6.07, 6.45) is 2.75. The maximum Gasteiger partial charge on any atom is 0.162 e. The molecule has 0 radical (unpaired) electrons. The Kier molecular flexibility index (Phi) is 4.50. The van der Waals surface area contributed by atoms with E-state index in [1.807, 2.05) is 48.5 Å². The number of anilines is 1. The molecule has 0 saturated carbocycles. The first-order valence-electron chi connectivity index (χ1n) is 8.68. The SMILES string of the molecule is COc1ccc(-c2nc(-c3ccccn3)cc(N3CCC(N)C3)n2)cc1. The van der Waals surface area contributed by atoms with Gasteiger partial charge in [0.15, 0.2) is 5.82 Å². The molecule has 2 N–H and O–H groups in total. The molecule has 1 fully saturated rings. The van der Waals surface area contributed by atoms with E-state index in [1.165, 1.54) is 0 Å². The molecule has 6 nitrogen and oxygen atoms in total. The van der Waals surface area contributed by atoms with Gasteiger partial charge in [-0.05, 0) is 42.8 Å². The average Bonchev–Trinajstić information content (AvgIpc) is 3.15. The van der Waals surface area contributed by atoms with Gasteiger partial charge >= 0.3 is 0 Å². The minimum atomic E-state index is 0.188. The van der Waals surface area contributed by atoms with Gasteiger partial charge in [-0.2, -0.15) is 0 Å². The molecular weight excluding hydrogens is 326 g/mol. The lowest BCUT2D eigenvalue weighted by molar-refractivity contribution is 0.415. The summed E-state index contributed by atoms with van der Waals surface area (Å²) < 4.78 is 5.24. The van der Waals surface area contributed by atoms with Crippen molar-refractivity contribution in [2.75, 3.05) is 25.1 Å². The van der Waals surface area contributed by atoms with Crippen molar-refractivity contribution in [2.24, 2.45) is 5.73 Å². The Labute approximate surface area is 152 Å². The van der Waals surface area contributed by atoms with E-state index in [9.17, 15) is 0 Å². The van der Waals surface area contributed by atoms with Crippen LogP contribution >= 0.6 is 0 Å². The molecule has 1 unspecified atom stereocenters. The van der Waals surface area contributed by atoms with Crippen molar-refractivity contribution in [2.45, 2.75) is 12.5 Å². The van der Waals surface area contributed by atoms with Crippen molar-refractivity contribution in [3.05, 3.63) is 54.7 Å². The number of aromatic nitrogens is 3. The van der Waals surface area contributed by atoms with Crippen molar-refractivity contribution in [1.29, 1.82) is 0 Å². The quantitative estimate of drug-likeness (QED) is 0.782. The van der Waals surface area contributed by atoms with Crippen LogP contribution in [0.5, 0.6) is 5.75 Å². The second-order valence-corrected chi connectivity index (χ2v) is 6.37. The number of nitrogens with two attached hydrogens (primary N) is 1. The molecule has 3 heterocycles. The van der Waals surface area contributed by atoms with Crippen molar-refractivity contribution in [3.8, 4) is 28.5 Å². The third-order valence-corrected chi connectivity index (χ3v) is 4.54. The van der Waals surface area contributed by atoms with Crippen LogP contribution in [-0.4, -0.2) is 41.2 Å². The van der Waals surface area contributed by atoms with E-state index in [0.717, 1.165) is 48.0 Å². The van der Waals surface area contributed by atoms with Crippen LogP contribution in [0.1, 0.15) is 6.42 Å². The fraction of sp³-hybridized carbons (Fsp3) is 0.250. The van der Waals surface area contributed by atoms with Crippen LogP contribution in [0, 0.1) is 0 Å². The van der Waals surface area contributed by atoms with E-state index < -0.39 is 0 Å². The first kappa shape index (κ1) is 16.5. The Morgan fingerprint density at radius 2 is 1.92 bits per heavy atom. The maximum absolute atomic E-state index is 6.08. The lowest BCUT2D eigenvalue weighted by atomic mass is 10.2. The van der Waals surface area contributed by atoms with Crippen LogP contribution < -0.4 is 15.4 Å². The molecule has 1 atom stereocenters. The normalized spacial score (nSPS) is 16.7. The maximum atomic E-state index is 6.08. The topological polar surface area (TPSA) is 77.2 Å². The van der Waals surface area contributed by atoms with E-state index in [-0.39, 0.29) is 6.04 Å². The highest BCUT2D eigenvalue weighted by Crippen LogP contribution is 2.27. The van der Waals surface area contributed by atoms with Crippen LogP contribution in [0.2, 0.25) is 0 Å². The average molecular weight is 347 g/mol. The molecule has 0 spiro atoms. The number of benzene rings is 1. The van der Waals surface area contributed by atoms with E-state index in [2.05, 4.69) is 9.88 Å². The predicted molar refractivity (Wildman–Crippen MR) is 102 cm³/mol. The highest BCUT2D eigenvalue weighted by atomic mass is 16.5. The minimum Gasteiger partial charge on any atom is -0.497 e. The molecular formula is C20H21N5O. The summed E-state index contributed by atoms with van der Waals surface area (Å²) >= 11 is 0. The largest absolute Gasteiger partial charge is 0.497 e. The number of rotatable bonds is 4. The molecule has 1 aliphatic rings. The lowest BCUT2D eigenvalue weighted by Gasteiger charge is -2.18. The third kappa shape index (κ3) is 3.36. The van der Waals surface area contributed by atoms with Gasteiger partial charge in [0.05, 0.1) is 18.5 Å². The summed E-state index contributed by atoms with van der Waals surface area (Å²) in [6.45, 7) is 1.71. The molecule has 0 bridgehead atoms. The van der Waals surface area contributed by atoms with Gasteiger partial charge < -0.3 is 15.4 Å². The molecule has 0 aliphatic carbocycles. The van der Waals surface area contributed by atoms with Gasteiger partial charge in [-0.3, -0.25) is 4.98 Å². The van der Waals surface area contributed by atoms with Crippen LogP contribution in [0.25, 0.3) is 22.8 Å². The zero-order valence-electron chi connectivity index (χ0n) is 14.7. The molecule has 4 rings (SSSR count). The molecule has 3 aromatic rings. The van der Waals surface area contributed by atoms with Crippen molar-refractivity contribution in [3.63, 3.8) is 0 Å². The predicted octanol–water partition coefficient (Wildman–Crippen LogP) is 2.75. The third-order valence-electron chi connectivity index (χ3n) is 4.54. The summed E-state index contributed by atoms with van der Waals surface area (Å²) in [5.41, 5.74) is 8.66. The van der Waals surface area contributed by atoms with Gasteiger partial charge in [0.25, 0.3) is 0 Å². The van der Waals surface area contributed by atoms with E-state index in [0.29, 0.717) is 5.82 Å². The summed E-state index contributed by atoms with van der Waals surface area (Å²) in [5.74, 6) is 2.37. The van der Waals surface area contributed by atoms with Crippen LogP contribution in [0.3, 0.4) is 0 Å². The van der Waals surface area contributed by atoms with Gasteiger partial charge in [-0.15, -0.1) is 0 Å². The molecule has 0 amide bonds. The fourth-order valence-corrected chi connectivity index (χ4v) is 3.11. The smallest absolute Gasteiger partial charge is 0.162 e. The Bertz CT molecular complexity index is 882. The van der Waals surface area contributed by atoms with Crippen molar-refractivity contribution in [1.82, 2.24) is 15.0 Å². The Balaban J connectivity index is 1.79. The summed E-state index contributed by atoms with van der Waals surface area (Å²) in [7, 11) is 1.65. The summed E-state index contributed by atoms with van der Waals surface area (Å²) in [4.78, 5) is 16.2. The molecule has 1 saturated heterocycles. The molecule has 1 aliphatic heterocycles. The van der Waals surface area contributed by atoms with Crippen LogP contribution in [0.15, 0.2) is 54.7 Å². The molecule has 1 aromatic carbocycles. The van der Waals surface area contributed by atoms with Crippen molar-refractivity contribution < 1.29 is 4.74 Å². The van der Waals surface area contributed by atoms with Crippen LogP contribution in [-0.2, 0) is 0 Å². The Hall–Kier alpha value is -2.99. The number of ether oxygens (including phenoxy) is 1. The first-order valence-corrected chi connectivity index (χ1v) is 8.68. The van der Waals surface area contributed by atoms with E-state index >= 15 is 0 Å². The number of nitrogens with zero attached hydrogens (tertiary/aromatic N) is 4. The first-order chi connectivity index (χ1) is 12.7. The van der Waals surface area contributed by atoms with Crippen molar-refractivity contribution >= 4 is 5.82 Å². The van der Waals surface area contributed by atoms with Gasteiger partial charge in [-0.1, -0.05) is 6.07 Å². The minimum absolute atomic E-state index is 0.188. The Morgan fingerprint density at radius 3 is 2.58 bits per heavy atom.